The molecule has 7 heteroatoms. The number of aliphatic carboxylic acids is 1. The van der Waals surface area contributed by atoms with Crippen LogP contribution in [0.25, 0.3) is 0 Å². The number of aliphatic hydroxyl groups is 1. The lowest BCUT2D eigenvalue weighted by atomic mass is 10.1. The van der Waals surface area contributed by atoms with Gasteiger partial charge in [0.25, 0.3) is 0 Å². The highest BCUT2D eigenvalue weighted by molar-refractivity contribution is 5.82. The van der Waals surface area contributed by atoms with Crippen molar-refractivity contribution in [2.75, 3.05) is 19.8 Å². The van der Waals surface area contributed by atoms with Gasteiger partial charge in [-0.1, -0.05) is 0 Å². The number of ether oxygens (including phenoxy) is 1. The largest absolute Gasteiger partial charge is 0.480 e. The molecule has 1 saturated heterocycles. The van der Waals surface area contributed by atoms with E-state index in [9.17, 15) is 9.59 Å². The second-order valence-corrected chi connectivity index (χ2v) is 4.25. The number of aliphatic hydroxyl groups excluding tert-OH is 1. The summed E-state index contributed by atoms with van der Waals surface area (Å²) in [6.07, 6.45) is 3.02. The fourth-order valence-corrected chi connectivity index (χ4v) is 1.77. The van der Waals surface area contributed by atoms with E-state index >= 15 is 0 Å². The molecule has 1 aliphatic heterocycles. The van der Waals surface area contributed by atoms with E-state index in [2.05, 4.69) is 10.6 Å². The number of hydrogen-bond acceptors (Lipinski definition) is 4. The summed E-state index contributed by atoms with van der Waals surface area (Å²) in [5.41, 5.74) is 0. The number of carboxylic acid groups (broad SMARTS) is 1. The van der Waals surface area contributed by atoms with Gasteiger partial charge in [-0.05, 0) is 19.3 Å². The fraction of sp³-hybridized carbons (Fsp3) is 0.818. The molecule has 2 amide bonds. The summed E-state index contributed by atoms with van der Waals surface area (Å²) in [5, 5.41) is 22.3. The Morgan fingerprint density at radius 1 is 1.39 bits per heavy atom. The van der Waals surface area contributed by atoms with Gasteiger partial charge in [-0.15, -0.1) is 0 Å². The third-order valence-corrected chi connectivity index (χ3v) is 2.79. The van der Waals surface area contributed by atoms with Crippen LogP contribution in [0, 0.1) is 0 Å². The van der Waals surface area contributed by atoms with E-state index in [-0.39, 0.29) is 19.1 Å². The van der Waals surface area contributed by atoms with Gasteiger partial charge in [0.1, 0.15) is 6.04 Å². The van der Waals surface area contributed by atoms with Crippen molar-refractivity contribution in [2.24, 2.45) is 0 Å². The normalized spacial score (nSPS) is 21.1. The Morgan fingerprint density at radius 2 is 2.17 bits per heavy atom. The molecule has 0 aliphatic carbocycles. The van der Waals surface area contributed by atoms with Gasteiger partial charge in [0, 0.05) is 26.2 Å². The Hall–Kier alpha value is -1.34. The number of carboxylic acids is 1. The van der Waals surface area contributed by atoms with Crippen molar-refractivity contribution < 1.29 is 24.5 Å². The molecule has 0 saturated carbocycles. The summed E-state index contributed by atoms with van der Waals surface area (Å²) in [6.45, 7) is 0.788. The lowest BCUT2D eigenvalue weighted by molar-refractivity contribution is -0.139. The molecular formula is C11H20N2O5. The summed E-state index contributed by atoms with van der Waals surface area (Å²) >= 11 is 0. The Bertz CT molecular complexity index is 279. The molecule has 4 N–H and O–H groups in total. The first kappa shape index (κ1) is 14.7. The van der Waals surface area contributed by atoms with Gasteiger partial charge in [-0.3, -0.25) is 0 Å². The average Bonchev–Trinajstić information content (AvgIpc) is 2.37. The monoisotopic (exact) mass is 260 g/mol. The minimum atomic E-state index is -1.16. The van der Waals surface area contributed by atoms with Crippen molar-refractivity contribution in [3.63, 3.8) is 0 Å². The lowest BCUT2D eigenvalue weighted by Crippen LogP contribution is -2.48. The second kappa shape index (κ2) is 7.88. The Labute approximate surface area is 106 Å². The topological polar surface area (TPSA) is 108 Å². The Balaban J connectivity index is 2.24. The summed E-state index contributed by atoms with van der Waals surface area (Å²) < 4.78 is 5.43. The zero-order chi connectivity index (χ0) is 13.4. The Morgan fingerprint density at radius 3 is 2.72 bits per heavy atom. The number of rotatable bonds is 6. The van der Waals surface area contributed by atoms with Crippen molar-refractivity contribution in [3.8, 4) is 0 Å². The molecule has 0 bridgehead atoms. The number of carbonyl (C=O) groups is 2. The third kappa shape index (κ3) is 5.33. The maximum absolute atomic E-state index is 11.5. The van der Waals surface area contributed by atoms with Crippen molar-refractivity contribution in [3.05, 3.63) is 0 Å². The van der Waals surface area contributed by atoms with Gasteiger partial charge in [-0.2, -0.15) is 0 Å². The summed E-state index contributed by atoms with van der Waals surface area (Å²) in [7, 11) is 0. The molecule has 18 heavy (non-hydrogen) atoms. The molecule has 0 spiro atoms. The van der Waals surface area contributed by atoms with E-state index < -0.39 is 18.0 Å². The molecule has 104 valence electrons. The number of carbonyl (C=O) groups excluding carboxylic acids is 1. The maximum atomic E-state index is 11.5. The minimum absolute atomic E-state index is 0.00520. The van der Waals surface area contributed by atoms with Gasteiger partial charge in [0.15, 0.2) is 0 Å². The van der Waals surface area contributed by atoms with Gasteiger partial charge in [0.2, 0.25) is 0 Å². The van der Waals surface area contributed by atoms with Crippen LogP contribution in [0.1, 0.15) is 25.7 Å². The molecular weight excluding hydrogens is 240 g/mol. The van der Waals surface area contributed by atoms with Crippen LogP contribution in [-0.2, 0) is 9.53 Å². The standard InChI is InChI=1S/C11H20N2O5/c14-5-4-9(10(15)16)13-11(17)12-7-8-3-1-2-6-18-8/h8-9,14H,1-7H2,(H,15,16)(H2,12,13,17)/t8?,9-/m1/s1. The Kier molecular flexibility index (Phi) is 6.45. The van der Waals surface area contributed by atoms with Crippen LogP contribution >= 0.6 is 0 Å². The highest BCUT2D eigenvalue weighted by Gasteiger charge is 2.20. The van der Waals surface area contributed by atoms with Gasteiger partial charge in [0.05, 0.1) is 6.10 Å². The average molecular weight is 260 g/mol. The molecule has 0 aromatic carbocycles. The summed E-state index contributed by atoms with van der Waals surface area (Å²) in [6, 6.07) is -1.62. The van der Waals surface area contributed by atoms with Crippen LogP contribution < -0.4 is 10.6 Å². The molecule has 1 rings (SSSR count). The second-order valence-electron chi connectivity index (χ2n) is 4.25. The van der Waals surface area contributed by atoms with Gasteiger partial charge in [-0.25, -0.2) is 9.59 Å². The fourth-order valence-electron chi connectivity index (χ4n) is 1.77. The molecule has 1 unspecified atom stereocenters. The van der Waals surface area contributed by atoms with Crippen LogP contribution in [0.15, 0.2) is 0 Å². The number of hydrogen-bond donors (Lipinski definition) is 4. The maximum Gasteiger partial charge on any atom is 0.326 e. The summed E-state index contributed by atoms with van der Waals surface area (Å²) in [4.78, 5) is 22.2. The summed E-state index contributed by atoms with van der Waals surface area (Å²) in [5.74, 6) is -1.16. The van der Waals surface area contributed by atoms with Crippen molar-refractivity contribution >= 4 is 12.0 Å². The SMILES string of the molecule is O=C(NCC1CCCCO1)N[C@H](CCO)C(=O)O. The van der Waals surface area contributed by atoms with E-state index in [1.165, 1.54) is 0 Å². The molecule has 2 atom stereocenters. The molecule has 0 radical (unpaired) electrons. The van der Waals surface area contributed by atoms with E-state index in [4.69, 9.17) is 14.9 Å². The smallest absolute Gasteiger partial charge is 0.326 e. The van der Waals surface area contributed by atoms with E-state index in [0.29, 0.717) is 13.2 Å². The first-order valence-corrected chi connectivity index (χ1v) is 6.13. The predicted molar refractivity (Wildman–Crippen MR) is 63.3 cm³/mol. The van der Waals surface area contributed by atoms with E-state index in [1.807, 2.05) is 0 Å². The van der Waals surface area contributed by atoms with Crippen LogP contribution in [0.3, 0.4) is 0 Å². The molecule has 0 aromatic heterocycles. The molecule has 1 fully saturated rings. The first-order valence-electron chi connectivity index (χ1n) is 6.13. The highest BCUT2D eigenvalue weighted by Crippen LogP contribution is 2.11. The lowest BCUT2D eigenvalue weighted by Gasteiger charge is -2.23. The third-order valence-electron chi connectivity index (χ3n) is 2.79. The van der Waals surface area contributed by atoms with Crippen molar-refractivity contribution in [1.29, 1.82) is 0 Å². The predicted octanol–water partition coefficient (Wildman–Crippen LogP) is -0.310. The zero-order valence-corrected chi connectivity index (χ0v) is 10.2. The number of amides is 2. The van der Waals surface area contributed by atoms with Gasteiger partial charge >= 0.3 is 12.0 Å². The molecule has 1 heterocycles. The van der Waals surface area contributed by atoms with Crippen LogP contribution in [0.5, 0.6) is 0 Å². The van der Waals surface area contributed by atoms with Crippen LogP contribution in [-0.4, -0.2) is 54.1 Å². The van der Waals surface area contributed by atoms with E-state index in [1.54, 1.807) is 0 Å². The van der Waals surface area contributed by atoms with Crippen LogP contribution in [0.4, 0.5) is 4.79 Å². The number of nitrogens with one attached hydrogen (secondary N) is 2. The first-order chi connectivity index (χ1) is 8.63. The van der Waals surface area contributed by atoms with Gasteiger partial charge < -0.3 is 25.6 Å². The van der Waals surface area contributed by atoms with Crippen molar-refractivity contribution in [1.82, 2.24) is 10.6 Å². The molecule has 0 aromatic rings. The number of urea groups is 1. The molecule has 1 aliphatic rings. The quantitative estimate of drug-likeness (QED) is 0.524. The minimum Gasteiger partial charge on any atom is -0.480 e. The van der Waals surface area contributed by atoms with Crippen molar-refractivity contribution in [2.45, 2.75) is 37.8 Å². The molecule has 7 nitrogen and oxygen atoms in total. The zero-order valence-electron chi connectivity index (χ0n) is 10.2. The van der Waals surface area contributed by atoms with Crippen LogP contribution in [0.2, 0.25) is 0 Å². The highest BCUT2D eigenvalue weighted by atomic mass is 16.5. The van der Waals surface area contributed by atoms with E-state index in [0.717, 1.165) is 19.3 Å².